The van der Waals surface area contributed by atoms with Gasteiger partial charge in [0.15, 0.2) is 0 Å². The molecule has 0 N–H and O–H groups in total. The van der Waals surface area contributed by atoms with E-state index in [1.165, 1.54) is 12.8 Å². The predicted molar refractivity (Wildman–Crippen MR) is 90.9 cm³/mol. The Bertz CT molecular complexity index is 330. The van der Waals surface area contributed by atoms with Crippen LogP contribution in [0.25, 0.3) is 0 Å². The molecule has 3 rings (SSSR count). The van der Waals surface area contributed by atoms with E-state index in [0.29, 0.717) is 25.4 Å². The minimum Gasteiger partial charge on any atom is -0.374 e. The van der Waals surface area contributed by atoms with E-state index < -0.39 is 8.80 Å². The highest BCUT2D eigenvalue weighted by Crippen LogP contribution is 2.69. The molecule has 0 radical (unpaired) electrons. The van der Waals surface area contributed by atoms with Gasteiger partial charge in [0.25, 0.3) is 0 Å². The van der Waals surface area contributed by atoms with Gasteiger partial charge < -0.3 is 13.3 Å². The Morgan fingerprint density at radius 2 is 1.50 bits per heavy atom. The van der Waals surface area contributed by atoms with E-state index in [4.69, 9.17) is 13.3 Å². The van der Waals surface area contributed by atoms with Crippen LogP contribution >= 0.6 is 31.4 Å². The number of hydrogen-bond acceptors (Lipinski definition) is 6. The van der Waals surface area contributed by atoms with Gasteiger partial charge in [0.2, 0.25) is 0 Å². The molecule has 3 aliphatic rings. The fourth-order valence-electron chi connectivity index (χ4n) is 4.08. The average Bonchev–Trinajstić information content (AvgIpc) is 3.12. The monoisotopic (exact) mass is 352 g/mol. The molecule has 1 aliphatic heterocycles. The molecule has 5 atom stereocenters. The van der Waals surface area contributed by atoms with E-state index in [1.807, 2.05) is 9.83 Å². The molecule has 0 aromatic rings. The first kappa shape index (κ1) is 16.0. The molecule has 116 valence electrons. The van der Waals surface area contributed by atoms with Crippen molar-refractivity contribution in [2.45, 2.75) is 49.7 Å². The first-order valence-corrected chi connectivity index (χ1v) is 13.1. The van der Waals surface area contributed by atoms with Gasteiger partial charge in [-0.3, -0.25) is 0 Å². The molecule has 0 spiro atoms. The fraction of sp³-hybridized carbons (Fsp3) is 1.00. The van der Waals surface area contributed by atoms with Crippen LogP contribution in [-0.2, 0) is 13.3 Å². The van der Waals surface area contributed by atoms with E-state index in [0.717, 1.165) is 22.3 Å². The van der Waals surface area contributed by atoms with Crippen LogP contribution in [-0.4, -0.2) is 39.1 Å². The van der Waals surface area contributed by atoms with Crippen molar-refractivity contribution in [3.63, 3.8) is 0 Å². The maximum absolute atomic E-state index is 6.17. The van der Waals surface area contributed by atoms with Crippen molar-refractivity contribution in [3.05, 3.63) is 0 Å². The van der Waals surface area contributed by atoms with Crippen LogP contribution in [0.15, 0.2) is 0 Å². The van der Waals surface area contributed by atoms with E-state index in [1.54, 1.807) is 0 Å². The summed E-state index contributed by atoms with van der Waals surface area (Å²) in [6, 6.07) is 0. The largest absolute Gasteiger partial charge is 0.504 e. The van der Waals surface area contributed by atoms with Crippen LogP contribution in [0.3, 0.4) is 0 Å². The maximum atomic E-state index is 6.17. The summed E-state index contributed by atoms with van der Waals surface area (Å²) in [5, 5.41) is 1.66. The summed E-state index contributed by atoms with van der Waals surface area (Å²) < 4.78 is 18.5. The van der Waals surface area contributed by atoms with Gasteiger partial charge in [0, 0.05) is 35.9 Å². The van der Waals surface area contributed by atoms with Crippen molar-refractivity contribution >= 4 is 40.2 Å². The smallest absolute Gasteiger partial charge is 0.374 e. The zero-order chi connectivity index (χ0) is 14.2. The molecule has 7 heteroatoms. The predicted octanol–water partition coefficient (Wildman–Crippen LogP) is 4.23. The molecule has 1 heterocycles. The Labute approximate surface area is 134 Å². The van der Waals surface area contributed by atoms with Gasteiger partial charge in [-0.1, -0.05) is 21.6 Å². The summed E-state index contributed by atoms with van der Waals surface area (Å²) in [4.78, 5) is 0. The second-order valence-corrected chi connectivity index (χ2v) is 12.8. The fourth-order valence-corrected chi connectivity index (χ4v) is 14.6. The van der Waals surface area contributed by atoms with Crippen LogP contribution in [0.2, 0.25) is 5.54 Å². The van der Waals surface area contributed by atoms with Gasteiger partial charge in [0.05, 0.1) is 0 Å². The lowest BCUT2D eigenvalue weighted by molar-refractivity contribution is 0.0545. The molecule has 2 bridgehead atoms. The first-order valence-electron chi connectivity index (χ1n) is 7.66. The van der Waals surface area contributed by atoms with Crippen LogP contribution in [0.4, 0.5) is 0 Å². The summed E-state index contributed by atoms with van der Waals surface area (Å²) in [7, 11) is 3.67. The average molecular weight is 353 g/mol. The minimum absolute atomic E-state index is 0.528. The Morgan fingerprint density at radius 1 is 0.900 bits per heavy atom. The van der Waals surface area contributed by atoms with Gasteiger partial charge >= 0.3 is 8.80 Å². The highest BCUT2D eigenvalue weighted by molar-refractivity contribution is 9.11. The number of hydrogen-bond donors (Lipinski definition) is 0. The van der Waals surface area contributed by atoms with Gasteiger partial charge in [-0.2, -0.15) is 0 Å². The number of rotatable bonds is 7. The van der Waals surface area contributed by atoms with Crippen molar-refractivity contribution in [1.29, 1.82) is 0 Å². The van der Waals surface area contributed by atoms with E-state index in [-0.39, 0.29) is 0 Å². The zero-order valence-electron chi connectivity index (χ0n) is 12.4. The summed E-state index contributed by atoms with van der Waals surface area (Å²) in [5.74, 6) is 1.60. The van der Waals surface area contributed by atoms with Crippen molar-refractivity contribution < 1.29 is 13.3 Å². The Balaban J connectivity index is 1.81. The molecule has 0 aromatic carbocycles. The molecule has 0 aromatic heterocycles. The van der Waals surface area contributed by atoms with Crippen LogP contribution in [0.1, 0.15) is 33.6 Å². The lowest BCUT2D eigenvalue weighted by Gasteiger charge is -2.39. The maximum Gasteiger partial charge on any atom is 0.504 e. The molecular weight excluding hydrogens is 328 g/mol. The highest BCUT2D eigenvalue weighted by atomic mass is 33.5. The quantitative estimate of drug-likeness (QED) is 0.503. The van der Waals surface area contributed by atoms with Crippen molar-refractivity contribution in [2.75, 3.05) is 19.8 Å². The van der Waals surface area contributed by atoms with E-state index in [2.05, 4.69) is 42.4 Å². The summed E-state index contributed by atoms with van der Waals surface area (Å²) >= 11 is 0. The highest BCUT2D eigenvalue weighted by Gasteiger charge is 2.65. The molecule has 2 saturated carbocycles. The third-order valence-corrected chi connectivity index (χ3v) is 13.6. The van der Waals surface area contributed by atoms with Crippen LogP contribution < -0.4 is 0 Å². The molecule has 20 heavy (non-hydrogen) atoms. The Morgan fingerprint density at radius 3 is 2.10 bits per heavy atom. The Hall–Kier alpha value is 1.15. The van der Waals surface area contributed by atoms with Gasteiger partial charge in [0.1, 0.15) is 0 Å². The van der Waals surface area contributed by atoms with Gasteiger partial charge in [-0.25, -0.2) is 0 Å². The summed E-state index contributed by atoms with van der Waals surface area (Å²) in [6.07, 6.45) is 2.62. The second-order valence-electron chi connectivity index (χ2n) is 5.59. The molecular formula is C13H24O3S3Si. The van der Waals surface area contributed by atoms with E-state index in [9.17, 15) is 0 Å². The molecule has 1 saturated heterocycles. The molecule has 2 aliphatic carbocycles. The third-order valence-electron chi connectivity index (χ3n) is 4.65. The molecule has 0 amide bonds. The third kappa shape index (κ3) is 2.61. The Kier molecular flexibility index (Phi) is 5.38. The second kappa shape index (κ2) is 6.72. The van der Waals surface area contributed by atoms with Gasteiger partial charge in [-0.15, -0.1) is 0 Å². The van der Waals surface area contributed by atoms with Crippen LogP contribution in [0.5, 0.6) is 0 Å². The number of fused-ring (bicyclic) bond motifs is 5. The van der Waals surface area contributed by atoms with E-state index >= 15 is 0 Å². The molecule has 3 fully saturated rings. The van der Waals surface area contributed by atoms with Crippen LogP contribution in [0, 0.1) is 11.8 Å². The van der Waals surface area contributed by atoms with Crippen molar-refractivity contribution in [2.24, 2.45) is 11.8 Å². The standard InChI is InChI=1S/C13H24O3S3Si/c1-4-14-20(15-5-2,16-6-3)11-8-9-7-10(11)13-12(9)17-19-18-13/h9-13H,4-8H2,1-3H3. The van der Waals surface area contributed by atoms with Gasteiger partial charge in [-0.05, 0) is 55.3 Å². The lowest BCUT2D eigenvalue weighted by atomic mass is 9.99. The topological polar surface area (TPSA) is 27.7 Å². The van der Waals surface area contributed by atoms with Crippen molar-refractivity contribution in [1.82, 2.24) is 0 Å². The zero-order valence-corrected chi connectivity index (χ0v) is 15.8. The lowest BCUT2D eigenvalue weighted by Crippen LogP contribution is -2.53. The summed E-state index contributed by atoms with van der Waals surface area (Å²) in [6.45, 7) is 8.28. The van der Waals surface area contributed by atoms with Crippen molar-refractivity contribution in [3.8, 4) is 0 Å². The SMILES string of the molecule is CCO[Si](OCC)(OCC)C1CC2CC1C1SSSC21. The molecule has 5 unspecified atom stereocenters. The normalized spacial score (nSPS) is 39.5. The summed E-state index contributed by atoms with van der Waals surface area (Å²) in [5.41, 5.74) is 0.528. The first-order chi connectivity index (χ1) is 9.75. The molecule has 3 nitrogen and oxygen atoms in total. The minimum atomic E-state index is -2.51.